The Morgan fingerprint density at radius 1 is 1.19 bits per heavy atom. The Bertz CT molecular complexity index is 1160. The Hall–Kier alpha value is -3.89. The molecule has 7 nitrogen and oxygen atoms in total. The topological polar surface area (TPSA) is 109 Å². The number of amides is 1. The molecule has 0 aliphatic carbocycles. The van der Waals surface area contributed by atoms with Gasteiger partial charge in [0, 0.05) is 24.3 Å². The van der Waals surface area contributed by atoms with E-state index in [0.717, 1.165) is 12.8 Å². The number of carbonyl (C=O) groups is 1. The van der Waals surface area contributed by atoms with Crippen molar-refractivity contribution < 1.29 is 14.1 Å². The van der Waals surface area contributed by atoms with E-state index in [-0.39, 0.29) is 22.0 Å². The molecule has 156 valence electrons. The predicted octanol–water partition coefficient (Wildman–Crippen LogP) is 5.16. The van der Waals surface area contributed by atoms with Gasteiger partial charge in [-0.2, -0.15) is 5.26 Å². The summed E-state index contributed by atoms with van der Waals surface area (Å²) in [7, 11) is 0. The van der Waals surface area contributed by atoms with Crippen LogP contribution >= 0.6 is 11.6 Å². The maximum Gasteiger partial charge on any atom is 0.288 e. The largest absolute Gasteiger partial charge is 0.457 e. The molecule has 3 rings (SSSR count). The Balaban J connectivity index is 1.64. The zero-order valence-electron chi connectivity index (χ0n) is 16.4. The molecule has 0 unspecified atom stereocenters. The van der Waals surface area contributed by atoms with Crippen molar-refractivity contribution in [3.8, 4) is 17.4 Å². The quantitative estimate of drug-likeness (QED) is 0.173. The van der Waals surface area contributed by atoms with Crippen LogP contribution in [-0.2, 0) is 11.2 Å². The van der Waals surface area contributed by atoms with Crippen LogP contribution in [0, 0.1) is 21.4 Å². The second-order valence-electron chi connectivity index (χ2n) is 6.64. The van der Waals surface area contributed by atoms with Crippen molar-refractivity contribution >= 4 is 29.3 Å². The summed E-state index contributed by atoms with van der Waals surface area (Å²) in [5.41, 5.74) is 1.31. The monoisotopic (exact) mass is 435 g/mol. The van der Waals surface area contributed by atoms with E-state index in [1.165, 1.54) is 23.8 Å². The summed E-state index contributed by atoms with van der Waals surface area (Å²) in [5.74, 6) is 0.144. The number of hydrogen-bond acceptors (Lipinski definition) is 5. The lowest BCUT2D eigenvalue weighted by Gasteiger charge is -2.04. The van der Waals surface area contributed by atoms with Crippen LogP contribution in [0.5, 0.6) is 0 Å². The molecule has 8 heteroatoms. The number of benzene rings is 2. The van der Waals surface area contributed by atoms with E-state index in [4.69, 9.17) is 16.0 Å². The van der Waals surface area contributed by atoms with Gasteiger partial charge < -0.3 is 9.73 Å². The van der Waals surface area contributed by atoms with Gasteiger partial charge in [0.05, 0.1) is 4.92 Å². The smallest absolute Gasteiger partial charge is 0.288 e. The number of nitro groups is 1. The van der Waals surface area contributed by atoms with Crippen LogP contribution in [0.15, 0.2) is 70.7 Å². The van der Waals surface area contributed by atoms with E-state index in [9.17, 15) is 20.2 Å². The normalized spacial score (nSPS) is 11.0. The van der Waals surface area contributed by atoms with E-state index >= 15 is 0 Å². The number of nitro benzene ring substituents is 1. The van der Waals surface area contributed by atoms with Crippen molar-refractivity contribution in [2.24, 2.45) is 0 Å². The van der Waals surface area contributed by atoms with Gasteiger partial charge in [-0.3, -0.25) is 14.9 Å². The van der Waals surface area contributed by atoms with Gasteiger partial charge in [-0.15, -0.1) is 0 Å². The summed E-state index contributed by atoms with van der Waals surface area (Å²) in [6, 6.07) is 19.3. The number of nitriles is 1. The van der Waals surface area contributed by atoms with Crippen LogP contribution in [0.25, 0.3) is 17.4 Å². The third-order valence-electron chi connectivity index (χ3n) is 4.48. The molecule has 1 heterocycles. The number of rotatable bonds is 8. The maximum atomic E-state index is 12.3. The SMILES string of the molecule is N#C/C(=C\c1ccc(-c2ccc(Cl)c([N+](=O)[O-])c2)o1)C(=O)NCCCc1ccccc1. The number of nitrogens with one attached hydrogen (secondary N) is 1. The molecule has 0 bridgehead atoms. The highest BCUT2D eigenvalue weighted by molar-refractivity contribution is 6.32. The summed E-state index contributed by atoms with van der Waals surface area (Å²) in [6.45, 7) is 0.435. The van der Waals surface area contributed by atoms with Gasteiger partial charge in [-0.1, -0.05) is 41.9 Å². The molecule has 0 aliphatic rings. The van der Waals surface area contributed by atoms with Gasteiger partial charge in [0.2, 0.25) is 0 Å². The first-order valence-electron chi connectivity index (χ1n) is 9.46. The zero-order valence-corrected chi connectivity index (χ0v) is 17.1. The highest BCUT2D eigenvalue weighted by Crippen LogP contribution is 2.31. The molecule has 2 aromatic carbocycles. The summed E-state index contributed by atoms with van der Waals surface area (Å²) in [4.78, 5) is 22.8. The Morgan fingerprint density at radius 3 is 2.68 bits per heavy atom. The number of furan rings is 1. The lowest BCUT2D eigenvalue weighted by Crippen LogP contribution is -2.25. The summed E-state index contributed by atoms with van der Waals surface area (Å²) in [5, 5.41) is 23.1. The first kappa shape index (κ1) is 21.8. The third kappa shape index (κ3) is 5.81. The standard InChI is InChI=1S/C23H18ClN3O4/c24-20-10-8-17(14-21(20)27(29)30)22-11-9-19(31-22)13-18(15-25)23(28)26-12-4-7-16-5-2-1-3-6-16/h1-3,5-6,8-11,13-14H,4,7,12H2,(H,26,28)/b18-13+. The maximum absolute atomic E-state index is 12.3. The summed E-state index contributed by atoms with van der Waals surface area (Å²) < 4.78 is 5.64. The first-order valence-corrected chi connectivity index (χ1v) is 9.84. The zero-order chi connectivity index (χ0) is 22.2. The fourth-order valence-electron chi connectivity index (χ4n) is 2.92. The Morgan fingerprint density at radius 2 is 1.97 bits per heavy atom. The van der Waals surface area contributed by atoms with Crippen molar-refractivity contribution in [2.45, 2.75) is 12.8 Å². The molecule has 0 atom stereocenters. The number of aryl methyl sites for hydroxylation is 1. The second-order valence-corrected chi connectivity index (χ2v) is 7.05. The average molecular weight is 436 g/mol. The van der Waals surface area contributed by atoms with Crippen molar-refractivity contribution in [1.29, 1.82) is 5.26 Å². The van der Waals surface area contributed by atoms with E-state index in [1.807, 2.05) is 36.4 Å². The molecule has 0 fully saturated rings. The lowest BCUT2D eigenvalue weighted by molar-refractivity contribution is -0.384. The molecule has 1 amide bonds. The van der Waals surface area contributed by atoms with Gasteiger partial charge in [-0.25, -0.2) is 0 Å². The number of halogens is 1. The number of carbonyl (C=O) groups excluding carboxylic acids is 1. The van der Waals surface area contributed by atoms with Crippen LogP contribution in [0.2, 0.25) is 5.02 Å². The number of nitrogens with zero attached hydrogens (tertiary/aromatic N) is 2. The fourth-order valence-corrected chi connectivity index (χ4v) is 3.10. The van der Waals surface area contributed by atoms with Crippen LogP contribution in [0.1, 0.15) is 17.7 Å². The molecule has 1 aromatic heterocycles. The molecule has 1 N–H and O–H groups in total. The minimum atomic E-state index is -0.578. The highest BCUT2D eigenvalue weighted by Gasteiger charge is 2.16. The fraction of sp³-hybridized carbons (Fsp3) is 0.130. The van der Waals surface area contributed by atoms with Crippen LogP contribution in [0.3, 0.4) is 0 Å². The van der Waals surface area contributed by atoms with Crippen molar-refractivity contribution in [3.05, 3.63) is 92.7 Å². The number of hydrogen-bond donors (Lipinski definition) is 1. The average Bonchev–Trinajstić information content (AvgIpc) is 3.24. The molecular weight excluding hydrogens is 418 g/mol. The van der Waals surface area contributed by atoms with E-state index in [0.29, 0.717) is 17.9 Å². The Kier molecular flexibility index (Phi) is 7.20. The predicted molar refractivity (Wildman–Crippen MR) is 117 cm³/mol. The van der Waals surface area contributed by atoms with Gasteiger partial charge in [0.1, 0.15) is 28.2 Å². The molecule has 0 saturated heterocycles. The van der Waals surface area contributed by atoms with Gasteiger partial charge in [0.15, 0.2) is 0 Å². The molecule has 0 aliphatic heterocycles. The van der Waals surface area contributed by atoms with Crippen molar-refractivity contribution in [1.82, 2.24) is 5.32 Å². The van der Waals surface area contributed by atoms with E-state index in [1.54, 1.807) is 18.2 Å². The minimum absolute atomic E-state index is 0.0242. The first-order chi connectivity index (χ1) is 15.0. The summed E-state index contributed by atoms with van der Waals surface area (Å²) in [6.07, 6.45) is 2.90. The molecule has 3 aromatic rings. The van der Waals surface area contributed by atoms with Crippen molar-refractivity contribution in [2.75, 3.05) is 6.54 Å². The van der Waals surface area contributed by atoms with Crippen LogP contribution < -0.4 is 5.32 Å². The summed E-state index contributed by atoms with van der Waals surface area (Å²) >= 11 is 5.83. The molecule has 31 heavy (non-hydrogen) atoms. The molecular formula is C23H18ClN3O4. The second kappa shape index (κ2) is 10.2. The van der Waals surface area contributed by atoms with E-state index < -0.39 is 10.8 Å². The van der Waals surface area contributed by atoms with Crippen LogP contribution in [0.4, 0.5) is 5.69 Å². The molecule has 0 spiro atoms. The minimum Gasteiger partial charge on any atom is -0.457 e. The third-order valence-corrected chi connectivity index (χ3v) is 4.80. The molecule has 0 radical (unpaired) electrons. The Labute approximate surface area is 183 Å². The highest BCUT2D eigenvalue weighted by atomic mass is 35.5. The lowest BCUT2D eigenvalue weighted by atomic mass is 10.1. The van der Waals surface area contributed by atoms with Gasteiger partial charge in [-0.05, 0) is 42.7 Å². The molecule has 0 saturated carbocycles. The van der Waals surface area contributed by atoms with Crippen LogP contribution in [-0.4, -0.2) is 17.4 Å². The van der Waals surface area contributed by atoms with Gasteiger partial charge >= 0.3 is 0 Å². The van der Waals surface area contributed by atoms with Gasteiger partial charge in [0.25, 0.3) is 11.6 Å². The van der Waals surface area contributed by atoms with Crippen molar-refractivity contribution in [3.63, 3.8) is 0 Å². The van der Waals surface area contributed by atoms with E-state index in [2.05, 4.69) is 5.32 Å².